The number of benzene rings is 1. The summed E-state index contributed by atoms with van der Waals surface area (Å²) in [5, 5.41) is 0. The number of pyridine rings is 1. The third kappa shape index (κ3) is 3.51. The van der Waals surface area contributed by atoms with Gasteiger partial charge in [-0.15, -0.1) is 0 Å². The van der Waals surface area contributed by atoms with Crippen LogP contribution in [-0.4, -0.2) is 11.0 Å². The lowest BCUT2D eigenvalue weighted by atomic mass is 9.82. The summed E-state index contributed by atoms with van der Waals surface area (Å²) in [7, 11) is 0. The summed E-state index contributed by atoms with van der Waals surface area (Å²) in [6, 6.07) is 8.35. The van der Waals surface area contributed by atoms with Crippen molar-refractivity contribution in [2.45, 2.75) is 26.2 Å². The molecule has 110 valence electrons. The van der Waals surface area contributed by atoms with Crippen molar-refractivity contribution < 1.29 is 14.6 Å². The Balaban J connectivity index is 2.22. The third-order valence-electron chi connectivity index (χ3n) is 2.93. The van der Waals surface area contributed by atoms with E-state index in [1.807, 2.05) is 20.8 Å². The molecule has 0 atom stereocenters. The van der Waals surface area contributed by atoms with Gasteiger partial charge < -0.3 is 5.73 Å². The minimum atomic E-state index is -0.580. The summed E-state index contributed by atoms with van der Waals surface area (Å²) < 4.78 is 0. The van der Waals surface area contributed by atoms with Crippen LogP contribution in [-0.2, 0) is 10.3 Å². The van der Waals surface area contributed by atoms with E-state index in [4.69, 9.17) is 15.5 Å². The maximum atomic E-state index is 12.2. The van der Waals surface area contributed by atoms with Gasteiger partial charge in [-0.2, -0.15) is 0 Å². The molecule has 0 amide bonds. The second-order valence-electron chi connectivity index (χ2n) is 5.66. The standard InChI is InChI=1S/C16H18N2O3/c1-16(2,3)14-12(5-4-6-13(14)17)15(19)21-20-11-7-9-18-10-8-11/h4-10H,17H2,1-3H3. The molecule has 0 aliphatic carbocycles. The minimum absolute atomic E-state index is 0.281. The van der Waals surface area contributed by atoms with Crippen LogP contribution in [0.1, 0.15) is 36.7 Å². The zero-order chi connectivity index (χ0) is 15.5. The molecule has 0 unspecified atom stereocenters. The Morgan fingerprint density at radius 3 is 2.43 bits per heavy atom. The molecule has 0 aliphatic rings. The Hall–Kier alpha value is -2.56. The van der Waals surface area contributed by atoms with Crippen molar-refractivity contribution in [1.82, 2.24) is 4.98 Å². The monoisotopic (exact) mass is 286 g/mol. The Kier molecular flexibility index (Phi) is 4.12. The van der Waals surface area contributed by atoms with E-state index in [2.05, 4.69) is 4.98 Å². The van der Waals surface area contributed by atoms with E-state index < -0.39 is 5.97 Å². The maximum absolute atomic E-state index is 12.2. The Morgan fingerprint density at radius 2 is 1.81 bits per heavy atom. The molecule has 0 bridgehead atoms. The SMILES string of the molecule is CC(C)(C)c1c(N)cccc1C(=O)OOc1ccncc1. The molecule has 0 fully saturated rings. The molecular weight excluding hydrogens is 268 g/mol. The van der Waals surface area contributed by atoms with Crippen LogP contribution in [0.15, 0.2) is 42.7 Å². The highest BCUT2D eigenvalue weighted by Crippen LogP contribution is 2.31. The van der Waals surface area contributed by atoms with E-state index in [1.54, 1.807) is 42.7 Å². The molecule has 0 radical (unpaired) electrons. The highest BCUT2D eigenvalue weighted by atomic mass is 17.2. The number of anilines is 1. The molecular formula is C16H18N2O3. The zero-order valence-corrected chi connectivity index (χ0v) is 12.3. The van der Waals surface area contributed by atoms with Gasteiger partial charge in [-0.05, 0) is 23.1 Å². The van der Waals surface area contributed by atoms with Gasteiger partial charge in [0.05, 0.1) is 5.56 Å². The molecule has 2 rings (SSSR count). The van der Waals surface area contributed by atoms with Crippen molar-refractivity contribution >= 4 is 11.7 Å². The van der Waals surface area contributed by atoms with Crippen LogP contribution < -0.4 is 10.6 Å². The van der Waals surface area contributed by atoms with Crippen molar-refractivity contribution in [3.63, 3.8) is 0 Å². The van der Waals surface area contributed by atoms with Crippen LogP contribution in [0.2, 0.25) is 0 Å². The number of carbonyl (C=O) groups is 1. The van der Waals surface area contributed by atoms with Gasteiger partial charge in [0, 0.05) is 30.2 Å². The predicted molar refractivity (Wildman–Crippen MR) is 79.8 cm³/mol. The first-order valence-corrected chi connectivity index (χ1v) is 6.57. The third-order valence-corrected chi connectivity index (χ3v) is 2.93. The highest BCUT2D eigenvalue weighted by molar-refractivity contribution is 5.93. The first-order chi connectivity index (χ1) is 9.89. The predicted octanol–water partition coefficient (Wildman–Crippen LogP) is 3.11. The van der Waals surface area contributed by atoms with Gasteiger partial charge in [-0.25, -0.2) is 9.68 Å². The second kappa shape index (κ2) is 5.83. The molecule has 2 N–H and O–H groups in total. The van der Waals surface area contributed by atoms with Gasteiger partial charge in [0.1, 0.15) is 0 Å². The van der Waals surface area contributed by atoms with E-state index >= 15 is 0 Å². The molecule has 1 aromatic heterocycles. The summed E-state index contributed by atoms with van der Waals surface area (Å²) >= 11 is 0. The molecule has 2 aromatic rings. The Bertz CT molecular complexity index is 634. The van der Waals surface area contributed by atoms with Crippen LogP contribution in [0, 0.1) is 0 Å². The smallest absolute Gasteiger partial charge is 0.386 e. The van der Waals surface area contributed by atoms with Crippen LogP contribution >= 0.6 is 0 Å². The molecule has 21 heavy (non-hydrogen) atoms. The number of hydrogen-bond acceptors (Lipinski definition) is 5. The largest absolute Gasteiger partial charge is 0.398 e. The average molecular weight is 286 g/mol. The average Bonchev–Trinajstić information content (AvgIpc) is 2.44. The summed E-state index contributed by atoms with van der Waals surface area (Å²) in [4.78, 5) is 26.0. The number of nitrogen functional groups attached to an aromatic ring is 1. The van der Waals surface area contributed by atoms with E-state index in [-0.39, 0.29) is 5.41 Å². The Morgan fingerprint density at radius 1 is 1.14 bits per heavy atom. The molecule has 1 aromatic carbocycles. The molecule has 0 aliphatic heterocycles. The van der Waals surface area contributed by atoms with Crippen molar-refractivity contribution in [1.29, 1.82) is 0 Å². The van der Waals surface area contributed by atoms with Gasteiger partial charge in [0.2, 0.25) is 0 Å². The van der Waals surface area contributed by atoms with Crippen molar-refractivity contribution in [3.8, 4) is 5.75 Å². The summed E-state index contributed by atoms with van der Waals surface area (Å²) in [6.45, 7) is 5.96. The van der Waals surface area contributed by atoms with Gasteiger partial charge in [0.25, 0.3) is 0 Å². The maximum Gasteiger partial charge on any atom is 0.386 e. The van der Waals surface area contributed by atoms with Crippen LogP contribution in [0.4, 0.5) is 5.69 Å². The van der Waals surface area contributed by atoms with Gasteiger partial charge >= 0.3 is 5.97 Å². The van der Waals surface area contributed by atoms with E-state index in [0.29, 0.717) is 17.0 Å². The fraction of sp³-hybridized carbons (Fsp3) is 0.250. The Labute approximate surface area is 123 Å². The second-order valence-corrected chi connectivity index (χ2v) is 5.66. The molecule has 1 heterocycles. The zero-order valence-electron chi connectivity index (χ0n) is 12.3. The van der Waals surface area contributed by atoms with Crippen LogP contribution in [0.5, 0.6) is 5.75 Å². The van der Waals surface area contributed by atoms with Crippen molar-refractivity contribution in [2.75, 3.05) is 5.73 Å². The van der Waals surface area contributed by atoms with Gasteiger partial charge in [0.15, 0.2) is 5.75 Å². The van der Waals surface area contributed by atoms with Gasteiger partial charge in [-0.3, -0.25) is 9.87 Å². The lowest BCUT2D eigenvalue weighted by molar-refractivity contribution is -0.149. The topological polar surface area (TPSA) is 74.4 Å². The van der Waals surface area contributed by atoms with Crippen molar-refractivity contribution in [2.24, 2.45) is 0 Å². The van der Waals surface area contributed by atoms with E-state index in [0.717, 1.165) is 5.56 Å². The first-order valence-electron chi connectivity index (χ1n) is 6.57. The summed E-state index contributed by atoms with van der Waals surface area (Å²) in [5.74, 6) is -0.177. The lowest BCUT2D eigenvalue weighted by Crippen LogP contribution is -2.21. The quantitative estimate of drug-likeness (QED) is 0.533. The number of aromatic nitrogens is 1. The number of rotatable bonds is 3. The first kappa shape index (κ1) is 14.8. The number of nitrogens with two attached hydrogens (primary N) is 1. The molecule has 0 saturated carbocycles. The molecule has 5 nitrogen and oxygen atoms in total. The molecule has 5 heteroatoms. The van der Waals surface area contributed by atoms with Crippen molar-refractivity contribution in [3.05, 3.63) is 53.9 Å². The normalized spacial score (nSPS) is 11.0. The number of carbonyl (C=O) groups excluding carboxylic acids is 1. The highest BCUT2D eigenvalue weighted by Gasteiger charge is 2.25. The van der Waals surface area contributed by atoms with Crippen LogP contribution in [0.3, 0.4) is 0 Å². The number of hydrogen-bond donors (Lipinski definition) is 1. The fourth-order valence-corrected chi connectivity index (χ4v) is 2.10. The summed E-state index contributed by atoms with van der Waals surface area (Å²) in [5.41, 5.74) is 7.41. The number of nitrogens with zero attached hydrogens (tertiary/aromatic N) is 1. The van der Waals surface area contributed by atoms with E-state index in [9.17, 15) is 4.79 Å². The van der Waals surface area contributed by atoms with E-state index in [1.165, 1.54) is 0 Å². The fourth-order valence-electron chi connectivity index (χ4n) is 2.10. The molecule has 0 saturated heterocycles. The van der Waals surface area contributed by atoms with Crippen LogP contribution in [0.25, 0.3) is 0 Å². The minimum Gasteiger partial charge on any atom is -0.398 e. The molecule has 0 spiro atoms. The van der Waals surface area contributed by atoms with Gasteiger partial charge in [-0.1, -0.05) is 26.8 Å². The summed E-state index contributed by atoms with van der Waals surface area (Å²) in [6.07, 6.45) is 3.09. The lowest BCUT2D eigenvalue weighted by Gasteiger charge is -2.23.